The summed E-state index contributed by atoms with van der Waals surface area (Å²) in [6.45, 7) is 13.1. The van der Waals surface area contributed by atoms with Crippen LogP contribution in [0.3, 0.4) is 0 Å². The van der Waals surface area contributed by atoms with Gasteiger partial charge >= 0.3 is 5.97 Å². The van der Waals surface area contributed by atoms with Crippen LogP contribution in [0.5, 0.6) is 0 Å². The van der Waals surface area contributed by atoms with Gasteiger partial charge in [-0.1, -0.05) is 46.3 Å². The third kappa shape index (κ3) is 4.40. The van der Waals surface area contributed by atoms with Crippen LogP contribution in [0.2, 0.25) is 0 Å². The predicted molar refractivity (Wildman–Crippen MR) is 166 cm³/mol. The molecule has 0 spiro atoms. The molecular formula is C36H56O9. The fourth-order valence-corrected chi connectivity index (χ4v) is 11.6. The van der Waals surface area contributed by atoms with E-state index < -0.39 is 60.2 Å². The van der Waals surface area contributed by atoms with Crippen molar-refractivity contribution in [2.45, 2.75) is 136 Å². The molecule has 9 nitrogen and oxygen atoms in total. The maximum atomic E-state index is 14.4. The Morgan fingerprint density at radius 2 is 1.62 bits per heavy atom. The Morgan fingerprint density at radius 3 is 2.29 bits per heavy atom. The third-order valence-corrected chi connectivity index (χ3v) is 15.0. The van der Waals surface area contributed by atoms with Gasteiger partial charge in [0.2, 0.25) is 6.29 Å². The van der Waals surface area contributed by atoms with E-state index in [-0.39, 0.29) is 28.8 Å². The summed E-state index contributed by atoms with van der Waals surface area (Å²) >= 11 is 0. The molecule has 45 heavy (non-hydrogen) atoms. The molecule has 0 amide bonds. The van der Waals surface area contributed by atoms with Crippen LogP contribution in [0.1, 0.15) is 99.3 Å². The van der Waals surface area contributed by atoms with Crippen LogP contribution >= 0.6 is 0 Å². The number of rotatable bonds is 4. The lowest BCUT2D eigenvalue weighted by atomic mass is 9.34. The Balaban J connectivity index is 1.38. The second kappa shape index (κ2) is 11.1. The number of hydrogen-bond donors (Lipinski definition) is 6. The van der Waals surface area contributed by atoms with Crippen molar-refractivity contribution in [3.05, 3.63) is 22.8 Å². The van der Waals surface area contributed by atoms with Crippen LogP contribution in [0, 0.1) is 44.8 Å². The van der Waals surface area contributed by atoms with Gasteiger partial charge in [0.15, 0.2) is 0 Å². The van der Waals surface area contributed by atoms with Crippen LogP contribution in [-0.4, -0.2) is 86.6 Å². The molecule has 254 valence electrons. The highest BCUT2D eigenvalue weighted by atomic mass is 16.7. The van der Waals surface area contributed by atoms with Gasteiger partial charge in [0.1, 0.15) is 24.4 Å². The van der Waals surface area contributed by atoms with Gasteiger partial charge in [-0.2, -0.15) is 0 Å². The first kappa shape index (κ1) is 33.6. The molecule has 14 atom stereocenters. The highest BCUT2D eigenvalue weighted by Crippen LogP contribution is 2.75. The van der Waals surface area contributed by atoms with Crippen LogP contribution in [0.15, 0.2) is 22.8 Å². The Bertz CT molecular complexity index is 1260. The van der Waals surface area contributed by atoms with Crippen LogP contribution in [0.4, 0.5) is 0 Å². The smallest absolute Gasteiger partial charge is 0.318 e. The molecule has 0 bridgehead atoms. The lowest BCUT2D eigenvalue weighted by molar-refractivity contribution is -0.295. The summed E-state index contributed by atoms with van der Waals surface area (Å²) in [5, 5.41) is 62.6. The van der Waals surface area contributed by atoms with Crippen molar-refractivity contribution < 1.29 is 44.9 Å². The molecule has 0 aromatic carbocycles. The van der Waals surface area contributed by atoms with E-state index in [0.29, 0.717) is 31.1 Å². The van der Waals surface area contributed by atoms with Crippen molar-refractivity contribution in [3.63, 3.8) is 0 Å². The summed E-state index contributed by atoms with van der Waals surface area (Å²) < 4.78 is 11.5. The predicted octanol–water partition coefficient (Wildman–Crippen LogP) is 3.38. The van der Waals surface area contributed by atoms with Crippen molar-refractivity contribution in [1.82, 2.24) is 0 Å². The van der Waals surface area contributed by atoms with Gasteiger partial charge in [0.05, 0.1) is 24.7 Å². The second-order valence-corrected chi connectivity index (χ2v) is 16.7. The summed E-state index contributed by atoms with van der Waals surface area (Å²) in [6.07, 6.45) is 1.69. The largest absolute Gasteiger partial charge is 0.432 e. The second-order valence-electron chi connectivity index (χ2n) is 16.7. The van der Waals surface area contributed by atoms with E-state index >= 15 is 0 Å². The highest BCUT2D eigenvalue weighted by Gasteiger charge is 2.69. The van der Waals surface area contributed by atoms with E-state index in [2.05, 4.69) is 47.6 Å². The van der Waals surface area contributed by atoms with Crippen molar-refractivity contribution >= 4 is 5.97 Å². The molecule has 0 radical (unpaired) electrons. The molecule has 0 aromatic rings. The molecular weight excluding hydrogens is 576 g/mol. The number of hydrogen-bond acceptors (Lipinski definition) is 9. The van der Waals surface area contributed by atoms with Crippen LogP contribution < -0.4 is 0 Å². The van der Waals surface area contributed by atoms with Gasteiger partial charge in [-0.05, 0) is 110 Å². The first-order valence-electron chi connectivity index (χ1n) is 17.3. The van der Waals surface area contributed by atoms with Gasteiger partial charge in [-0.25, -0.2) is 0 Å². The molecule has 5 aliphatic carbocycles. The van der Waals surface area contributed by atoms with Gasteiger partial charge in [0.25, 0.3) is 0 Å². The first-order chi connectivity index (χ1) is 21.1. The topological polar surface area (TPSA) is 157 Å². The maximum Gasteiger partial charge on any atom is 0.318 e. The van der Waals surface area contributed by atoms with E-state index in [1.165, 1.54) is 11.1 Å². The minimum absolute atomic E-state index is 0.0146. The zero-order valence-corrected chi connectivity index (χ0v) is 28.0. The maximum absolute atomic E-state index is 14.4. The van der Waals surface area contributed by atoms with Crippen molar-refractivity contribution in [2.75, 3.05) is 13.2 Å². The van der Waals surface area contributed by atoms with E-state index in [9.17, 15) is 35.4 Å². The van der Waals surface area contributed by atoms with E-state index in [4.69, 9.17) is 9.47 Å². The number of ether oxygens (including phenoxy) is 2. The molecule has 0 aromatic heterocycles. The van der Waals surface area contributed by atoms with Crippen molar-refractivity contribution in [1.29, 1.82) is 0 Å². The number of aliphatic hydroxyl groups is 6. The SMILES string of the molecule is CC1=C2C3=CCC4C5(C)CCC(O)C(C)(CO)C5CCC4(C)C3(C)CCC2(C(=O)OC2OC(CO)C(O)C(O)C2O)CCC1C. The van der Waals surface area contributed by atoms with Gasteiger partial charge < -0.3 is 40.1 Å². The van der Waals surface area contributed by atoms with Crippen molar-refractivity contribution in [2.24, 2.45) is 44.8 Å². The van der Waals surface area contributed by atoms with Gasteiger partial charge in [0, 0.05) is 5.41 Å². The molecule has 6 aliphatic rings. The number of carbonyl (C=O) groups is 1. The summed E-state index contributed by atoms with van der Waals surface area (Å²) in [5.41, 5.74) is 1.77. The average molecular weight is 633 g/mol. The molecule has 1 aliphatic heterocycles. The summed E-state index contributed by atoms with van der Waals surface area (Å²) in [6, 6.07) is 0. The molecule has 1 heterocycles. The number of allylic oxidation sites excluding steroid dienone is 3. The fraction of sp³-hybridized carbons (Fsp3) is 0.861. The minimum Gasteiger partial charge on any atom is -0.432 e. The summed E-state index contributed by atoms with van der Waals surface area (Å²) in [4.78, 5) is 14.4. The lowest BCUT2D eigenvalue weighted by Crippen LogP contribution is -2.65. The average Bonchev–Trinajstić information content (AvgIpc) is 3.01. The third-order valence-electron chi connectivity index (χ3n) is 15.0. The number of fused-ring (bicyclic) bond motifs is 7. The Labute approximate surface area is 267 Å². The highest BCUT2D eigenvalue weighted by molar-refractivity contribution is 5.84. The normalized spacial score (nSPS) is 53.0. The Hall–Kier alpha value is -1.33. The molecule has 9 heteroatoms. The van der Waals surface area contributed by atoms with Crippen LogP contribution in [-0.2, 0) is 14.3 Å². The first-order valence-corrected chi connectivity index (χ1v) is 17.3. The van der Waals surface area contributed by atoms with E-state index in [1.54, 1.807) is 0 Å². The lowest BCUT2D eigenvalue weighted by Gasteiger charge is -2.70. The number of esters is 1. The van der Waals surface area contributed by atoms with Crippen molar-refractivity contribution in [3.8, 4) is 0 Å². The summed E-state index contributed by atoms with van der Waals surface area (Å²) in [7, 11) is 0. The van der Waals surface area contributed by atoms with Gasteiger partial charge in [-0.3, -0.25) is 4.79 Å². The quantitative estimate of drug-likeness (QED) is 0.256. The van der Waals surface area contributed by atoms with E-state index in [0.717, 1.165) is 44.1 Å². The molecule has 1 saturated heterocycles. The molecule has 6 rings (SSSR count). The van der Waals surface area contributed by atoms with Gasteiger partial charge in [-0.15, -0.1) is 0 Å². The number of carbonyl (C=O) groups excluding carboxylic acids is 1. The Morgan fingerprint density at radius 1 is 0.911 bits per heavy atom. The zero-order chi connectivity index (χ0) is 32.9. The summed E-state index contributed by atoms with van der Waals surface area (Å²) in [5.74, 6) is 0.396. The molecule has 3 saturated carbocycles. The monoisotopic (exact) mass is 632 g/mol. The van der Waals surface area contributed by atoms with Crippen LogP contribution in [0.25, 0.3) is 0 Å². The molecule has 6 N–H and O–H groups in total. The fourth-order valence-electron chi connectivity index (χ4n) is 11.6. The standard InChI is InChI=1S/C36H56O9/c1-19-9-14-36(31(43)45-30-29(42)28(41)27(40)22(17-37)44-30)16-15-34(5)21(26(36)20(19)2)7-8-24-32(3)12-11-25(39)33(4,18-38)23(32)10-13-35(24,34)6/h7,19,22-25,27-30,37-42H,8-18H2,1-6H3. The molecule has 14 unspecified atom stereocenters. The van der Waals surface area contributed by atoms with E-state index in [1.807, 2.05) is 0 Å². The Kier molecular flexibility index (Phi) is 8.29. The molecule has 4 fully saturated rings. The number of aliphatic hydroxyl groups excluding tert-OH is 6. The zero-order valence-electron chi connectivity index (χ0n) is 28.0. The minimum atomic E-state index is -1.64.